The second-order valence-corrected chi connectivity index (χ2v) is 8.33. The summed E-state index contributed by atoms with van der Waals surface area (Å²) in [7, 11) is 0. The molecule has 4 unspecified atom stereocenters. The molecule has 0 aromatic carbocycles. The van der Waals surface area contributed by atoms with Crippen LogP contribution >= 0.6 is 11.8 Å². The van der Waals surface area contributed by atoms with Crippen molar-refractivity contribution in [2.45, 2.75) is 57.3 Å². The maximum absolute atomic E-state index is 12.7. The van der Waals surface area contributed by atoms with Crippen molar-refractivity contribution in [3.63, 3.8) is 0 Å². The molecule has 0 aromatic heterocycles. The van der Waals surface area contributed by atoms with Gasteiger partial charge in [-0.2, -0.15) is 11.8 Å². The summed E-state index contributed by atoms with van der Waals surface area (Å²) in [6, 6.07) is -5.34. The number of thioether (sulfide) groups is 1. The van der Waals surface area contributed by atoms with E-state index in [2.05, 4.69) is 16.0 Å². The third-order valence-electron chi connectivity index (χ3n) is 4.25. The summed E-state index contributed by atoms with van der Waals surface area (Å²) in [6.07, 6.45) is 0.732. The minimum atomic E-state index is -1.71. The monoisotopic (exact) mass is 477 g/mol. The maximum Gasteiger partial charge on any atom is 0.326 e. The van der Waals surface area contributed by atoms with E-state index in [-0.39, 0.29) is 0 Å². The van der Waals surface area contributed by atoms with Crippen LogP contribution in [0.4, 0.5) is 0 Å². The zero-order chi connectivity index (χ0) is 25.0. The highest BCUT2D eigenvalue weighted by molar-refractivity contribution is 7.98. The van der Waals surface area contributed by atoms with Gasteiger partial charge in [0.15, 0.2) is 0 Å². The fraction of sp³-hybridized carbons (Fsp3) is 0.667. The number of carbonyl (C=O) groups is 6. The molecule has 0 rings (SSSR count). The van der Waals surface area contributed by atoms with Gasteiger partial charge < -0.3 is 37.6 Å². The van der Waals surface area contributed by atoms with Crippen LogP contribution < -0.4 is 27.4 Å². The van der Waals surface area contributed by atoms with Crippen LogP contribution in [0.5, 0.6) is 0 Å². The third kappa shape index (κ3) is 10.9. The van der Waals surface area contributed by atoms with Gasteiger partial charge in [0.1, 0.15) is 18.1 Å². The molecular formula is C18H31N5O8S. The van der Waals surface area contributed by atoms with Crippen LogP contribution in [-0.4, -0.2) is 82.0 Å². The highest BCUT2D eigenvalue weighted by Gasteiger charge is 2.33. The van der Waals surface area contributed by atoms with Crippen LogP contribution in [0.2, 0.25) is 0 Å². The van der Waals surface area contributed by atoms with Crippen molar-refractivity contribution in [1.82, 2.24) is 16.0 Å². The molecule has 0 spiro atoms. The highest BCUT2D eigenvalue weighted by Crippen LogP contribution is 2.06. The first-order valence-electron chi connectivity index (χ1n) is 9.68. The Morgan fingerprint density at radius 1 is 0.875 bits per heavy atom. The zero-order valence-corrected chi connectivity index (χ0v) is 18.9. The van der Waals surface area contributed by atoms with Gasteiger partial charge in [-0.1, -0.05) is 13.8 Å². The molecule has 0 aliphatic heterocycles. The first-order valence-corrected chi connectivity index (χ1v) is 11.1. The van der Waals surface area contributed by atoms with Crippen molar-refractivity contribution in [3.8, 4) is 0 Å². The van der Waals surface area contributed by atoms with Gasteiger partial charge >= 0.3 is 11.9 Å². The van der Waals surface area contributed by atoms with E-state index in [4.69, 9.17) is 21.7 Å². The molecule has 0 aliphatic carbocycles. The van der Waals surface area contributed by atoms with Crippen molar-refractivity contribution in [3.05, 3.63) is 0 Å². The average Bonchev–Trinajstić information content (AvgIpc) is 2.67. The summed E-state index contributed by atoms with van der Waals surface area (Å²) in [5.41, 5.74) is 10.9. The molecule has 0 radical (unpaired) electrons. The van der Waals surface area contributed by atoms with Gasteiger partial charge in [0.25, 0.3) is 0 Å². The molecule has 0 bridgehead atoms. The summed E-state index contributed by atoms with van der Waals surface area (Å²) >= 11 is 1.47. The van der Waals surface area contributed by atoms with Crippen molar-refractivity contribution in [2.24, 2.45) is 17.4 Å². The van der Waals surface area contributed by atoms with Crippen LogP contribution in [0.1, 0.15) is 33.1 Å². The van der Waals surface area contributed by atoms with E-state index in [1.165, 1.54) is 11.8 Å². The minimum absolute atomic E-state index is 0.328. The summed E-state index contributed by atoms with van der Waals surface area (Å²) in [5.74, 6) is -6.38. The van der Waals surface area contributed by atoms with E-state index >= 15 is 0 Å². The minimum Gasteiger partial charge on any atom is -0.481 e. The highest BCUT2D eigenvalue weighted by atomic mass is 32.2. The molecule has 0 saturated heterocycles. The van der Waals surface area contributed by atoms with Gasteiger partial charge in [0, 0.05) is 0 Å². The van der Waals surface area contributed by atoms with E-state index in [0.717, 1.165) is 0 Å². The first-order chi connectivity index (χ1) is 14.8. The summed E-state index contributed by atoms with van der Waals surface area (Å²) < 4.78 is 0. The lowest BCUT2D eigenvalue weighted by Crippen LogP contribution is -2.59. The van der Waals surface area contributed by atoms with Crippen molar-refractivity contribution < 1.29 is 39.0 Å². The van der Waals surface area contributed by atoms with Crippen molar-refractivity contribution >= 4 is 47.3 Å². The van der Waals surface area contributed by atoms with Crippen LogP contribution in [0.15, 0.2) is 0 Å². The van der Waals surface area contributed by atoms with Crippen LogP contribution in [0.25, 0.3) is 0 Å². The molecule has 4 amide bonds. The Balaban J connectivity index is 5.41. The maximum atomic E-state index is 12.7. The predicted octanol–water partition coefficient (Wildman–Crippen LogP) is -2.39. The van der Waals surface area contributed by atoms with Crippen molar-refractivity contribution in [1.29, 1.82) is 0 Å². The molecular weight excluding hydrogens is 446 g/mol. The van der Waals surface area contributed by atoms with Gasteiger partial charge in [0.05, 0.1) is 18.9 Å². The predicted molar refractivity (Wildman–Crippen MR) is 115 cm³/mol. The number of rotatable bonds is 15. The van der Waals surface area contributed by atoms with Gasteiger partial charge in [-0.25, -0.2) is 4.79 Å². The topological polar surface area (TPSA) is 231 Å². The number of hydrogen-bond acceptors (Lipinski definition) is 8. The fourth-order valence-electron chi connectivity index (χ4n) is 2.49. The molecule has 32 heavy (non-hydrogen) atoms. The second kappa shape index (κ2) is 14.2. The van der Waals surface area contributed by atoms with E-state index in [1.807, 2.05) is 6.26 Å². The fourth-order valence-corrected chi connectivity index (χ4v) is 2.98. The number of carboxylic acids is 2. The van der Waals surface area contributed by atoms with E-state index in [9.17, 15) is 28.8 Å². The largest absolute Gasteiger partial charge is 0.481 e. The molecule has 13 nitrogen and oxygen atoms in total. The smallest absolute Gasteiger partial charge is 0.326 e. The SMILES string of the molecule is CSCCC(N)C(=O)NC(CC(N)=O)C(=O)NC(C(=O)NC(CC(=O)O)C(=O)O)C(C)C. The Morgan fingerprint density at radius 3 is 1.88 bits per heavy atom. The standard InChI is InChI=1S/C18H31N5O8S/c1-8(2)14(17(29)22-11(18(30)31)7-13(25)26)23-16(28)10(6-12(20)24)21-15(27)9(19)4-5-32-3/h8-11,14H,4-7,19H2,1-3H3,(H2,20,24)(H,21,27)(H,22,29)(H,23,28)(H,25,26)(H,30,31). The van der Waals surface area contributed by atoms with Gasteiger partial charge in [-0.3, -0.25) is 24.0 Å². The number of amides is 4. The summed E-state index contributed by atoms with van der Waals surface area (Å²) in [5, 5.41) is 24.6. The van der Waals surface area contributed by atoms with E-state index in [1.54, 1.807) is 13.8 Å². The number of nitrogens with one attached hydrogen (secondary N) is 3. The number of nitrogens with two attached hydrogens (primary N) is 2. The summed E-state index contributed by atoms with van der Waals surface area (Å²) in [6.45, 7) is 3.11. The van der Waals surface area contributed by atoms with Crippen LogP contribution in [0.3, 0.4) is 0 Å². The molecule has 9 N–H and O–H groups in total. The quantitative estimate of drug-likeness (QED) is 0.132. The average molecular weight is 478 g/mol. The number of aliphatic carboxylic acids is 2. The lowest BCUT2D eigenvalue weighted by atomic mass is 10.0. The zero-order valence-electron chi connectivity index (χ0n) is 18.1. The van der Waals surface area contributed by atoms with Crippen LogP contribution in [-0.2, 0) is 28.8 Å². The van der Waals surface area contributed by atoms with Gasteiger partial charge in [-0.15, -0.1) is 0 Å². The Labute approximate surface area is 189 Å². The van der Waals surface area contributed by atoms with Gasteiger partial charge in [-0.05, 0) is 24.3 Å². The molecule has 0 fully saturated rings. The number of carboxylic acid groups (broad SMARTS) is 2. The molecule has 14 heteroatoms. The second-order valence-electron chi connectivity index (χ2n) is 7.35. The lowest BCUT2D eigenvalue weighted by molar-refractivity contribution is -0.147. The van der Waals surface area contributed by atoms with Crippen LogP contribution in [0, 0.1) is 5.92 Å². The Kier molecular flexibility index (Phi) is 13.0. The normalized spacial score (nSPS) is 14.5. The molecule has 0 heterocycles. The first kappa shape index (κ1) is 29.1. The lowest BCUT2D eigenvalue weighted by Gasteiger charge is -2.26. The number of carbonyl (C=O) groups excluding carboxylic acids is 4. The van der Waals surface area contributed by atoms with E-state index < -0.39 is 78.5 Å². The van der Waals surface area contributed by atoms with Crippen molar-refractivity contribution in [2.75, 3.05) is 12.0 Å². The molecule has 0 aliphatic rings. The Hall–Kier alpha value is -2.87. The van der Waals surface area contributed by atoms with E-state index in [0.29, 0.717) is 12.2 Å². The molecule has 182 valence electrons. The molecule has 0 aromatic rings. The molecule has 4 atom stereocenters. The third-order valence-corrected chi connectivity index (χ3v) is 4.89. The Morgan fingerprint density at radius 2 is 1.44 bits per heavy atom. The summed E-state index contributed by atoms with van der Waals surface area (Å²) in [4.78, 5) is 70.8. The number of hydrogen-bond donors (Lipinski definition) is 7. The molecule has 0 saturated carbocycles. The number of primary amides is 1. The Bertz CT molecular complexity index is 717. The van der Waals surface area contributed by atoms with Gasteiger partial charge in [0.2, 0.25) is 23.6 Å².